The lowest BCUT2D eigenvalue weighted by molar-refractivity contribution is -0.117. The average Bonchev–Trinajstić information content (AvgIpc) is 3.60. The van der Waals surface area contributed by atoms with Crippen LogP contribution in [0.2, 0.25) is 0 Å². The third-order valence-corrected chi connectivity index (χ3v) is 6.96. The van der Waals surface area contributed by atoms with Gasteiger partial charge in [-0.2, -0.15) is 4.98 Å². The van der Waals surface area contributed by atoms with Crippen molar-refractivity contribution in [1.82, 2.24) is 34.3 Å². The molecule has 0 aromatic carbocycles. The van der Waals surface area contributed by atoms with Crippen molar-refractivity contribution in [2.45, 2.75) is 70.9 Å². The topological polar surface area (TPSA) is 97.9 Å². The van der Waals surface area contributed by atoms with Crippen molar-refractivity contribution < 1.29 is 4.79 Å². The molecule has 1 atom stereocenters. The van der Waals surface area contributed by atoms with E-state index in [1.165, 1.54) is 12.8 Å². The molecule has 0 spiro atoms. The van der Waals surface area contributed by atoms with Crippen molar-refractivity contribution in [2.24, 2.45) is 0 Å². The summed E-state index contributed by atoms with van der Waals surface area (Å²) < 4.78 is 3.92. The summed E-state index contributed by atoms with van der Waals surface area (Å²) >= 11 is 0. The van der Waals surface area contributed by atoms with Gasteiger partial charge in [0.05, 0.1) is 12.2 Å². The number of amides is 1. The fourth-order valence-electron chi connectivity index (χ4n) is 5.49. The number of fused-ring (bicyclic) bond motifs is 3. The second kappa shape index (κ2) is 7.39. The van der Waals surface area contributed by atoms with E-state index >= 15 is 0 Å². The molecule has 166 valence electrons. The second-order valence-corrected chi connectivity index (χ2v) is 8.84. The van der Waals surface area contributed by atoms with E-state index in [2.05, 4.69) is 31.6 Å². The molecule has 0 N–H and O–H groups in total. The lowest BCUT2D eigenvalue weighted by Crippen LogP contribution is -2.42. The first-order valence-corrected chi connectivity index (χ1v) is 11.6. The van der Waals surface area contributed by atoms with E-state index in [0.29, 0.717) is 30.9 Å². The van der Waals surface area contributed by atoms with Gasteiger partial charge in [-0.1, -0.05) is 19.8 Å². The molecule has 1 saturated heterocycles. The highest BCUT2D eigenvalue weighted by atomic mass is 16.2. The van der Waals surface area contributed by atoms with E-state index < -0.39 is 0 Å². The van der Waals surface area contributed by atoms with Gasteiger partial charge in [0.1, 0.15) is 11.5 Å². The maximum absolute atomic E-state index is 12.3. The Morgan fingerprint density at radius 3 is 2.72 bits per heavy atom. The van der Waals surface area contributed by atoms with E-state index in [1.807, 2.05) is 23.9 Å². The van der Waals surface area contributed by atoms with E-state index in [1.54, 1.807) is 11.1 Å². The monoisotopic (exact) mass is 433 g/mol. The maximum Gasteiger partial charge on any atom is 0.238 e. The van der Waals surface area contributed by atoms with Crippen molar-refractivity contribution in [3.63, 3.8) is 0 Å². The summed E-state index contributed by atoms with van der Waals surface area (Å²) in [4.78, 5) is 30.8. The fourth-order valence-corrected chi connectivity index (χ4v) is 5.49. The van der Waals surface area contributed by atoms with Crippen molar-refractivity contribution in [2.75, 3.05) is 16.3 Å². The van der Waals surface area contributed by atoms with Gasteiger partial charge in [-0.3, -0.25) is 18.8 Å². The number of carbonyl (C=O) groups is 1. The van der Waals surface area contributed by atoms with Gasteiger partial charge in [-0.15, -0.1) is 10.2 Å². The normalized spacial score (nSPS) is 20.8. The minimum absolute atomic E-state index is 0.0961. The van der Waals surface area contributed by atoms with Crippen LogP contribution in [0.25, 0.3) is 11.6 Å². The molecule has 0 unspecified atom stereocenters. The quantitative estimate of drug-likeness (QED) is 0.624. The molecule has 3 aromatic rings. The van der Waals surface area contributed by atoms with Crippen LogP contribution in [0.15, 0.2) is 18.6 Å². The molecular weight excluding hydrogens is 406 g/mol. The van der Waals surface area contributed by atoms with Crippen LogP contribution in [0.1, 0.15) is 69.6 Å². The Labute approximate surface area is 186 Å². The van der Waals surface area contributed by atoms with Gasteiger partial charge in [0.25, 0.3) is 0 Å². The molecule has 6 rings (SSSR count). The molecule has 1 aliphatic carbocycles. The summed E-state index contributed by atoms with van der Waals surface area (Å²) in [5.41, 5.74) is 0.918. The van der Waals surface area contributed by atoms with Gasteiger partial charge >= 0.3 is 0 Å². The van der Waals surface area contributed by atoms with Gasteiger partial charge < -0.3 is 4.90 Å². The van der Waals surface area contributed by atoms with Gasteiger partial charge in [-0.25, -0.2) is 9.97 Å². The van der Waals surface area contributed by atoms with Crippen molar-refractivity contribution in [3.05, 3.63) is 30.2 Å². The zero-order valence-electron chi connectivity index (χ0n) is 18.5. The van der Waals surface area contributed by atoms with Crippen LogP contribution in [0.5, 0.6) is 0 Å². The number of hydrogen-bond acceptors (Lipinski definition) is 7. The van der Waals surface area contributed by atoms with Crippen LogP contribution in [0.4, 0.5) is 11.8 Å². The van der Waals surface area contributed by atoms with Gasteiger partial charge in [-0.05, 0) is 32.6 Å². The van der Waals surface area contributed by atoms with Gasteiger partial charge in [0, 0.05) is 31.4 Å². The Hall–Kier alpha value is -3.30. The van der Waals surface area contributed by atoms with Crippen LogP contribution < -0.4 is 9.80 Å². The Bertz CT molecular complexity index is 1180. The molecule has 1 amide bonds. The van der Waals surface area contributed by atoms with Gasteiger partial charge in [0.15, 0.2) is 11.6 Å². The van der Waals surface area contributed by atoms with Crippen LogP contribution in [0.3, 0.4) is 0 Å². The molecule has 5 heterocycles. The summed E-state index contributed by atoms with van der Waals surface area (Å²) in [6, 6.07) is 0.548. The summed E-state index contributed by atoms with van der Waals surface area (Å²) in [7, 11) is 0. The van der Waals surface area contributed by atoms with E-state index in [9.17, 15) is 4.79 Å². The molecule has 3 aliphatic rings. The number of carbonyl (C=O) groups excluding carboxylic acids is 1. The highest BCUT2D eigenvalue weighted by molar-refractivity contribution is 5.93. The minimum Gasteiger partial charge on any atom is -0.341 e. The third kappa shape index (κ3) is 2.78. The predicted molar refractivity (Wildman–Crippen MR) is 118 cm³/mol. The lowest BCUT2D eigenvalue weighted by atomic mass is 10.0. The Morgan fingerprint density at radius 1 is 1.12 bits per heavy atom. The maximum atomic E-state index is 12.3. The SMILES string of the molecule is CC[C@@H]1c2nnc(C)n2-c2cnc(-n3ccnc3N3CCCC3=O)nc2N1C1CCCC1. The molecule has 0 bridgehead atoms. The number of anilines is 2. The summed E-state index contributed by atoms with van der Waals surface area (Å²) in [6.07, 6.45) is 12.5. The van der Waals surface area contributed by atoms with Gasteiger partial charge in [0.2, 0.25) is 17.8 Å². The zero-order chi connectivity index (χ0) is 21.8. The number of rotatable bonds is 4. The van der Waals surface area contributed by atoms with Crippen LogP contribution >= 0.6 is 0 Å². The predicted octanol–water partition coefficient (Wildman–Crippen LogP) is 2.89. The average molecular weight is 434 g/mol. The van der Waals surface area contributed by atoms with Crippen molar-refractivity contribution in [3.8, 4) is 11.6 Å². The van der Waals surface area contributed by atoms with Crippen LogP contribution in [0, 0.1) is 6.92 Å². The number of nitrogens with zero attached hydrogens (tertiary/aromatic N) is 9. The zero-order valence-corrected chi connectivity index (χ0v) is 18.5. The largest absolute Gasteiger partial charge is 0.341 e. The first-order valence-electron chi connectivity index (χ1n) is 11.6. The molecular formula is C22H27N9O. The molecule has 10 heteroatoms. The summed E-state index contributed by atoms with van der Waals surface area (Å²) in [5, 5.41) is 8.91. The summed E-state index contributed by atoms with van der Waals surface area (Å²) in [5.74, 6) is 3.93. The van der Waals surface area contributed by atoms with Crippen molar-refractivity contribution in [1.29, 1.82) is 0 Å². The number of imidazole rings is 1. The standard InChI is InChI=1S/C22H27N9O/c1-3-16-20-27-26-14(2)30(20)17-13-24-21(25-19(17)31(16)15-7-4-5-8-15)29-12-10-23-22(29)28-11-6-9-18(28)32/h10,12-13,15-16H,3-9,11H2,1-2H3/t16-/m1/s1. The fraction of sp³-hybridized carbons (Fsp3) is 0.545. The molecule has 2 aliphatic heterocycles. The molecule has 0 radical (unpaired) electrons. The van der Waals surface area contributed by atoms with E-state index in [4.69, 9.17) is 9.97 Å². The highest BCUT2D eigenvalue weighted by Crippen LogP contribution is 2.43. The Kier molecular flexibility index (Phi) is 4.48. The molecule has 10 nitrogen and oxygen atoms in total. The van der Waals surface area contributed by atoms with Crippen LogP contribution in [-0.2, 0) is 4.79 Å². The van der Waals surface area contributed by atoms with E-state index in [0.717, 1.165) is 48.8 Å². The molecule has 32 heavy (non-hydrogen) atoms. The molecule has 3 aromatic heterocycles. The second-order valence-electron chi connectivity index (χ2n) is 8.84. The number of hydrogen-bond donors (Lipinski definition) is 0. The van der Waals surface area contributed by atoms with Crippen molar-refractivity contribution >= 4 is 17.7 Å². The third-order valence-electron chi connectivity index (χ3n) is 6.96. The smallest absolute Gasteiger partial charge is 0.238 e. The summed E-state index contributed by atoms with van der Waals surface area (Å²) in [6.45, 7) is 4.84. The minimum atomic E-state index is 0.0961. The molecule has 1 saturated carbocycles. The van der Waals surface area contributed by atoms with E-state index in [-0.39, 0.29) is 11.9 Å². The first kappa shape index (κ1) is 19.4. The molecule has 2 fully saturated rings. The Morgan fingerprint density at radius 2 is 1.97 bits per heavy atom. The highest BCUT2D eigenvalue weighted by Gasteiger charge is 2.39. The lowest BCUT2D eigenvalue weighted by Gasteiger charge is -2.41. The number of aryl methyl sites for hydroxylation is 1. The first-order chi connectivity index (χ1) is 15.7. The van der Waals surface area contributed by atoms with Crippen LogP contribution in [-0.4, -0.2) is 52.8 Å². The Balaban J connectivity index is 1.51. The number of aromatic nitrogens is 7.